The summed E-state index contributed by atoms with van der Waals surface area (Å²) in [6.45, 7) is 1.59. The third kappa shape index (κ3) is 0.757. The van der Waals surface area contributed by atoms with E-state index in [-0.39, 0.29) is 5.78 Å². The van der Waals surface area contributed by atoms with Gasteiger partial charge in [-0.3, -0.25) is 4.79 Å². The van der Waals surface area contributed by atoms with E-state index in [0.29, 0.717) is 12.8 Å². The van der Waals surface area contributed by atoms with Crippen LogP contribution in [-0.2, 0) is 4.79 Å². The van der Waals surface area contributed by atoms with Crippen molar-refractivity contribution in [2.75, 3.05) is 0 Å². The molecule has 1 aliphatic carbocycles. The Balaban J connectivity index is 2.68. The number of aliphatic hydroxyl groups is 1. The first-order valence-electron chi connectivity index (χ1n) is 2.88. The summed E-state index contributed by atoms with van der Waals surface area (Å²) >= 11 is 0. The van der Waals surface area contributed by atoms with Gasteiger partial charge in [0.25, 0.3) is 0 Å². The maximum Gasteiger partial charge on any atom is 0.164 e. The predicted octanol–water partition coefficient (Wildman–Crippen LogP) is 0.490. The molecule has 1 saturated carbocycles. The fourth-order valence-corrected chi connectivity index (χ4v) is 1.00. The summed E-state index contributed by atoms with van der Waals surface area (Å²) in [5.41, 5.74) is -0.986. The van der Waals surface area contributed by atoms with Crippen LogP contribution in [0.25, 0.3) is 0 Å². The molecule has 0 aromatic carbocycles. The first-order valence-corrected chi connectivity index (χ1v) is 2.88. The van der Waals surface area contributed by atoms with E-state index >= 15 is 0 Å². The maximum atomic E-state index is 10.6. The summed E-state index contributed by atoms with van der Waals surface area (Å²) in [7, 11) is 0. The Hall–Kier alpha value is -0.370. The van der Waals surface area contributed by atoms with Gasteiger partial charge in [-0.15, -0.1) is 0 Å². The quantitative estimate of drug-likeness (QED) is 0.497. The molecule has 1 aliphatic rings. The molecule has 1 unspecified atom stereocenters. The lowest BCUT2D eigenvalue weighted by atomic mass is 10.1. The van der Waals surface area contributed by atoms with Crippen LogP contribution in [0.4, 0.5) is 0 Å². The Bertz CT molecular complexity index is 116. The van der Waals surface area contributed by atoms with Gasteiger partial charge in [0, 0.05) is 6.42 Å². The lowest BCUT2D eigenvalue weighted by molar-refractivity contribution is -0.131. The van der Waals surface area contributed by atoms with Crippen molar-refractivity contribution in [3.05, 3.63) is 0 Å². The fraction of sp³-hybridized carbons (Fsp3) is 0.833. The summed E-state index contributed by atoms with van der Waals surface area (Å²) in [5, 5.41) is 9.11. The lowest BCUT2D eigenvalue weighted by Gasteiger charge is -2.11. The maximum absolute atomic E-state index is 10.6. The van der Waals surface area contributed by atoms with E-state index < -0.39 is 5.60 Å². The Morgan fingerprint density at radius 3 is 2.50 bits per heavy atom. The van der Waals surface area contributed by atoms with Crippen LogP contribution in [0.2, 0.25) is 0 Å². The first kappa shape index (κ1) is 5.76. The van der Waals surface area contributed by atoms with Gasteiger partial charge >= 0.3 is 0 Å². The van der Waals surface area contributed by atoms with Crippen molar-refractivity contribution in [1.82, 2.24) is 0 Å². The zero-order valence-corrected chi connectivity index (χ0v) is 4.98. The number of ketones is 1. The van der Waals surface area contributed by atoms with Gasteiger partial charge in [-0.05, 0) is 19.8 Å². The molecule has 1 rings (SSSR count). The van der Waals surface area contributed by atoms with Gasteiger partial charge in [-0.2, -0.15) is 0 Å². The summed E-state index contributed by atoms with van der Waals surface area (Å²) in [6, 6.07) is 0. The molecule has 1 atom stereocenters. The van der Waals surface area contributed by atoms with Crippen molar-refractivity contribution in [1.29, 1.82) is 0 Å². The van der Waals surface area contributed by atoms with Crippen molar-refractivity contribution in [2.24, 2.45) is 0 Å². The monoisotopic (exact) mass is 114 g/mol. The molecule has 46 valence electrons. The van der Waals surface area contributed by atoms with Crippen LogP contribution in [0.15, 0.2) is 0 Å². The highest BCUT2D eigenvalue weighted by atomic mass is 16.3. The van der Waals surface area contributed by atoms with Gasteiger partial charge in [0.15, 0.2) is 5.78 Å². The lowest BCUT2D eigenvalue weighted by Crippen LogP contribution is -2.28. The van der Waals surface area contributed by atoms with Crippen molar-refractivity contribution < 1.29 is 9.90 Å². The smallest absolute Gasteiger partial charge is 0.164 e. The molecule has 0 radical (unpaired) electrons. The van der Waals surface area contributed by atoms with Gasteiger partial charge in [0.1, 0.15) is 5.60 Å². The Morgan fingerprint density at radius 2 is 2.38 bits per heavy atom. The second-order valence-corrected chi connectivity index (χ2v) is 2.55. The molecule has 1 N–H and O–H groups in total. The van der Waals surface area contributed by atoms with E-state index in [9.17, 15) is 4.79 Å². The molecule has 8 heavy (non-hydrogen) atoms. The van der Waals surface area contributed by atoms with Crippen LogP contribution >= 0.6 is 0 Å². The normalized spacial score (nSPS) is 38.5. The molecular formula is C6H10O2. The van der Waals surface area contributed by atoms with Crippen LogP contribution in [0.1, 0.15) is 26.2 Å². The highest BCUT2D eigenvalue weighted by Crippen LogP contribution is 2.24. The molecule has 2 heteroatoms. The Labute approximate surface area is 48.5 Å². The Morgan fingerprint density at radius 1 is 1.75 bits per heavy atom. The van der Waals surface area contributed by atoms with Gasteiger partial charge in [-0.25, -0.2) is 0 Å². The van der Waals surface area contributed by atoms with E-state index in [0.717, 1.165) is 6.42 Å². The van der Waals surface area contributed by atoms with Gasteiger partial charge in [-0.1, -0.05) is 0 Å². The highest BCUT2D eigenvalue weighted by molar-refractivity contribution is 5.88. The molecule has 0 spiro atoms. The first-order chi connectivity index (χ1) is 3.63. The molecule has 0 aliphatic heterocycles. The molecule has 0 amide bonds. The van der Waals surface area contributed by atoms with E-state index in [1.165, 1.54) is 0 Å². The third-order valence-electron chi connectivity index (χ3n) is 1.67. The van der Waals surface area contributed by atoms with Gasteiger partial charge < -0.3 is 5.11 Å². The minimum Gasteiger partial charge on any atom is -0.382 e. The number of carbonyl (C=O) groups is 1. The Kier molecular flexibility index (Phi) is 1.12. The van der Waals surface area contributed by atoms with Gasteiger partial charge in [0.2, 0.25) is 0 Å². The third-order valence-corrected chi connectivity index (χ3v) is 1.67. The number of Topliss-reactive ketones (excluding diaryl/α,β-unsaturated/α-hetero) is 1. The largest absolute Gasteiger partial charge is 0.382 e. The van der Waals surface area contributed by atoms with Crippen molar-refractivity contribution in [2.45, 2.75) is 31.8 Å². The summed E-state index contributed by atoms with van der Waals surface area (Å²) in [5.74, 6) is -0.00231. The van der Waals surface area contributed by atoms with Crippen LogP contribution < -0.4 is 0 Å². The number of carbonyl (C=O) groups excluding carboxylic acids is 1. The van der Waals surface area contributed by atoms with Crippen LogP contribution in [0, 0.1) is 0 Å². The summed E-state index contributed by atoms with van der Waals surface area (Å²) in [4.78, 5) is 10.6. The number of hydrogen-bond donors (Lipinski definition) is 1. The van der Waals surface area contributed by atoms with Crippen molar-refractivity contribution >= 4 is 5.78 Å². The molecule has 0 heterocycles. The average molecular weight is 114 g/mol. The van der Waals surface area contributed by atoms with Crippen LogP contribution in [0.5, 0.6) is 0 Å². The molecule has 0 bridgehead atoms. The SMILES string of the molecule is CC1(O)CCCC1=O. The second kappa shape index (κ2) is 1.55. The fourth-order valence-electron chi connectivity index (χ4n) is 1.00. The van der Waals surface area contributed by atoms with Crippen molar-refractivity contribution in [3.63, 3.8) is 0 Å². The number of rotatable bonds is 0. The van der Waals surface area contributed by atoms with Crippen LogP contribution in [-0.4, -0.2) is 16.5 Å². The summed E-state index contributed by atoms with van der Waals surface area (Å²) in [6.07, 6.45) is 2.06. The molecular weight excluding hydrogens is 104 g/mol. The van der Waals surface area contributed by atoms with E-state index in [1.807, 2.05) is 0 Å². The zero-order chi connectivity index (χ0) is 6.20. The van der Waals surface area contributed by atoms with Crippen molar-refractivity contribution in [3.8, 4) is 0 Å². The molecule has 1 fully saturated rings. The van der Waals surface area contributed by atoms with Crippen LogP contribution in [0.3, 0.4) is 0 Å². The zero-order valence-electron chi connectivity index (χ0n) is 4.98. The van der Waals surface area contributed by atoms with E-state index in [4.69, 9.17) is 5.11 Å². The molecule has 0 saturated heterocycles. The standard InChI is InChI=1S/C6H10O2/c1-6(8)4-2-3-5(6)7/h8H,2-4H2,1H3. The van der Waals surface area contributed by atoms with E-state index in [1.54, 1.807) is 6.92 Å². The molecule has 2 nitrogen and oxygen atoms in total. The van der Waals surface area contributed by atoms with E-state index in [2.05, 4.69) is 0 Å². The number of hydrogen-bond acceptors (Lipinski definition) is 2. The average Bonchev–Trinajstić information content (AvgIpc) is 1.86. The molecule has 0 aromatic rings. The second-order valence-electron chi connectivity index (χ2n) is 2.55. The topological polar surface area (TPSA) is 37.3 Å². The predicted molar refractivity (Wildman–Crippen MR) is 29.5 cm³/mol. The molecule has 0 aromatic heterocycles. The van der Waals surface area contributed by atoms with Gasteiger partial charge in [0.05, 0.1) is 0 Å². The highest BCUT2D eigenvalue weighted by Gasteiger charge is 2.34. The minimum absolute atomic E-state index is 0.00231. The summed E-state index contributed by atoms with van der Waals surface area (Å²) < 4.78 is 0. The minimum atomic E-state index is -0.986.